The first kappa shape index (κ1) is 31.9. The Morgan fingerprint density at radius 3 is 2.39 bits per heavy atom. The molecule has 15 atom stereocenters. The Labute approximate surface area is 247 Å². The zero-order valence-electron chi connectivity index (χ0n) is 26.5. The summed E-state index contributed by atoms with van der Waals surface area (Å²) in [4.78, 5) is 0. The average molecular weight is 579 g/mol. The van der Waals surface area contributed by atoms with Crippen molar-refractivity contribution >= 4 is 0 Å². The summed E-state index contributed by atoms with van der Waals surface area (Å²) in [6.07, 6.45) is 5.97. The number of rotatable bonds is 7. The molecule has 41 heavy (non-hydrogen) atoms. The highest BCUT2D eigenvalue weighted by Crippen LogP contribution is 2.67. The number of hydrogen-bond acceptors (Lipinski definition) is 7. The van der Waals surface area contributed by atoms with Crippen LogP contribution in [-0.4, -0.2) is 74.0 Å². The van der Waals surface area contributed by atoms with Crippen LogP contribution >= 0.6 is 0 Å². The molecule has 3 saturated carbocycles. The van der Waals surface area contributed by atoms with Crippen molar-refractivity contribution in [1.82, 2.24) is 0 Å². The molecule has 1 heterocycles. The van der Waals surface area contributed by atoms with Gasteiger partial charge in [0.1, 0.15) is 18.3 Å². The molecule has 236 valence electrons. The van der Waals surface area contributed by atoms with Crippen LogP contribution in [0.3, 0.4) is 0 Å². The quantitative estimate of drug-likeness (QED) is 0.281. The maximum Gasteiger partial charge on any atom is 0.186 e. The van der Waals surface area contributed by atoms with E-state index in [1.807, 2.05) is 13.8 Å². The maximum absolute atomic E-state index is 11.5. The molecule has 0 aromatic rings. The van der Waals surface area contributed by atoms with E-state index < -0.39 is 36.3 Å². The zero-order chi connectivity index (χ0) is 30.1. The fourth-order valence-corrected chi connectivity index (χ4v) is 10.2. The Morgan fingerprint density at radius 2 is 1.71 bits per heavy atom. The first-order chi connectivity index (χ1) is 19.1. The second-order valence-electron chi connectivity index (χ2n) is 15.9. The van der Waals surface area contributed by atoms with Crippen LogP contribution in [0.5, 0.6) is 0 Å². The summed E-state index contributed by atoms with van der Waals surface area (Å²) in [7, 11) is 0. The molecule has 5 N–H and O–H groups in total. The second-order valence-corrected chi connectivity index (χ2v) is 15.9. The summed E-state index contributed by atoms with van der Waals surface area (Å²) in [5.41, 5.74) is 1.06. The molecule has 0 amide bonds. The lowest BCUT2D eigenvalue weighted by molar-refractivity contribution is -0.305. The summed E-state index contributed by atoms with van der Waals surface area (Å²) in [5, 5.41) is 52.7. The Morgan fingerprint density at radius 1 is 1.00 bits per heavy atom. The van der Waals surface area contributed by atoms with Gasteiger partial charge >= 0.3 is 0 Å². The van der Waals surface area contributed by atoms with Crippen LogP contribution in [0.2, 0.25) is 0 Å². The number of hydrogen-bond donors (Lipinski definition) is 5. The van der Waals surface area contributed by atoms with Gasteiger partial charge in [0.05, 0.1) is 23.9 Å². The van der Waals surface area contributed by atoms with Crippen molar-refractivity contribution in [3.8, 4) is 0 Å². The first-order valence-corrected chi connectivity index (χ1v) is 16.5. The minimum Gasteiger partial charge on any atom is -0.393 e. The lowest BCUT2D eigenvalue weighted by Crippen LogP contribution is -2.58. The minimum absolute atomic E-state index is 0.0844. The van der Waals surface area contributed by atoms with Crippen molar-refractivity contribution in [1.29, 1.82) is 0 Å². The maximum atomic E-state index is 11.5. The number of fused-ring (bicyclic) bond motifs is 5. The van der Waals surface area contributed by atoms with Gasteiger partial charge in [-0.15, -0.1) is 0 Å². The molecule has 4 aliphatic carbocycles. The molecule has 0 spiro atoms. The molecule has 0 radical (unpaired) electrons. The van der Waals surface area contributed by atoms with E-state index in [4.69, 9.17) is 9.47 Å². The largest absolute Gasteiger partial charge is 0.393 e. The predicted octanol–water partition coefficient (Wildman–Crippen LogP) is 4.57. The third-order valence-corrected chi connectivity index (χ3v) is 13.2. The van der Waals surface area contributed by atoms with E-state index in [2.05, 4.69) is 33.8 Å². The van der Waals surface area contributed by atoms with E-state index in [1.54, 1.807) is 6.92 Å². The highest BCUT2D eigenvalue weighted by atomic mass is 16.7. The smallest absolute Gasteiger partial charge is 0.186 e. The molecule has 0 bridgehead atoms. The van der Waals surface area contributed by atoms with Crippen LogP contribution in [0.15, 0.2) is 11.6 Å². The van der Waals surface area contributed by atoms with Crippen molar-refractivity contribution in [3.63, 3.8) is 0 Å². The van der Waals surface area contributed by atoms with Gasteiger partial charge in [0.25, 0.3) is 0 Å². The molecule has 5 rings (SSSR count). The van der Waals surface area contributed by atoms with Gasteiger partial charge in [-0.05, 0) is 125 Å². The third kappa shape index (κ3) is 5.60. The summed E-state index contributed by atoms with van der Waals surface area (Å²) < 4.78 is 12.0. The van der Waals surface area contributed by atoms with E-state index in [9.17, 15) is 25.5 Å². The van der Waals surface area contributed by atoms with Gasteiger partial charge in [-0.25, -0.2) is 0 Å². The number of ether oxygens (including phenoxy) is 2. The molecule has 1 saturated heterocycles. The van der Waals surface area contributed by atoms with E-state index in [0.29, 0.717) is 29.6 Å². The Bertz CT molecular complexity index is 961. The molecular formula is C34H58O7. The van der Waals surface area contributed by atoms with E-state index >= 15 is 0 Å². The zero-order valence-corrected chi connectivity index (χ0v) is 26.5. The molecule has 1 aliphatic heterocycles. The van der Waals surface area contributed by atoms with Crippen LogP contribution in [0.4, 0.5) is 0 Å². The highest BCUT2D eigenvalue weighted by Gasteiger charge is 2.61. The predicted molar refractivity (Wildman–Crippen MR) is 158 cm³/mol. The van der Waals surface area contributed by atoms with Crippen LogP contribution < -0.4 is 0 Å². The van der Waals surface area contributed by atoms with Crippen molar-refractivity contribution in [3.05, 3.63) is 11.6 Å². The van der Waals surface area contributed by atoms with Crippen molar-refractivity contribution in [2.24, 2.45) is 46.3 Å². The minimum atomic E-state index is -1.28. The highest BCUT2D eigenvalue weighted by molar-refractivity contribution is 5.26. The summed E-state index contributed by atoms with van der Waals surface area (Å²) >= 11 is 0. The summed E-state index contributed by atoms with van der Waals surface area (Å²) in [5.74, 6) is 2.69. The van der Waals surface area contributed by atoms with Gasteiger partial charge < -0.3 is 35.0 Å². The monoisotopic (exact) mass is 578 g/mol. The summed E-state index contributed by atoms with van der Waals surface area (Å²) in [6.45, 7) is 14.9. The molecule has 5 aliphatic rings. The van der Waals surface area contributed by atoms with E-state index in [1.165, 1.54) is 12.0 Å². The Kier molecular flexibility index (Phi) is 8.89. The van der Waals surface area contributed by atoms with Gasteiger partial charge in [0.2, 0.25) is 0 Å². The SMILES string of the molecule is CC(CCC(C)C(C)(C)O)C1C(O)CC2C3CC=C4CC(OC5OC(C)C(O)C(O)C5O)CCC4(C)C3CCC21C. The topological polar surface area (TPSA) is 120 Å². The molecule has 7 heteroatoms. The van der Waals surface area contributed by atoms with Gasteiger partial charge in [-0.3, -0.25) is 0 Å². The lowest BCUT2D eigenvalue weighted by atomic mass is 9.47. The van der Waals surface area contributed by atoms with E-state index in [-0.39, 0.29) is 29.0 Å². The number of aliphatic hydroxyl groups excluding tert-OH is 4. The van der Waals surface area contributed by atoms with Gasteiger partial charge in [-0.1, -0.05) is 39.3 Å². The molecule has 4 fully saturated rings. The van der Waals surface area contributed by atoms with Crippen LogP contribution in [0, 0.1) is 46.3 Å². The van der Waals surface area contributed by atoms with Gasteiger partial charge in [-0.2, -0.15) is 0 Å². The van der Waals surface area contributed by atoms with Crippen molar-refractivity contribution in [2.75, 3.05) is 0 Å². The fraction of sp³-hybridized carbons (Fsp3) is 0.941. The first-order valence-electron chi connectivity index (χ1n) is 16.5. The molecule has 15 unspecified atom stereocenters. The molecule has 7 nitrogen and oxygen atoms in total. The Hall–Kier alpha value is -0.540. The molecule has 0 aromatic heterocycles. The van der Waals surface area contributed by atoms with Crippen LogP contribution in [0.25, 0.3) is 0 Å². The van der Waals surface area contributed by atoms with Gasteiger partial charge in [0, 0.05) is 0 Å². The third-order valence-electron chi connectivity index (χ3n) is 13.2. The lowest BCUT2D eigenvalue weighted by Gasteiger charge is -2.58. The standard InChI is InChI=1S/C34H58O7/c1-18(8-9-19(2)32(4,5)39)27-26(35)17-25-23-11-10-21-16-22(41-31-30(38)29(37)28(36)20(3)40-31)12-14-33(21,6)24(23)13-15-34(25,27)7/h10,18-20,22-31,35-39H,8-9,11-17H2,1-7H3. The average Bonchev–Trinajstić information content (AvgIpc) is 3.18. The van der Waals surface area contributed by atoms with Crippen LogP contribution in [0.1, 0.15) is 106 Å². The number of aliphatic hydroxyl groups is 5. The van der Waals surface area contributed by atoms with Gasteiger partial charge in [0.15, 0.2) is 6.29 Å². The summed E-state index contributed by atoms with van der Waals surface area (Å²) in [6, 6.07) is 0. The Balaban J connectivity index is 1.26. The fourth-order valence-electron chi connectivity index (χ4n) is 10.2. The normalized spacial score (nSPS) is 49.9. The second kappa shape index (κ2) is 11.4. The van der Waals surface area contributed by atoms with Crippen molar-refractivity contribution < 1.29 is 35.0 Å². The number of allylic oxidation sites excluding steroid dienone is 1. The van der Waals surface area contributed by atoms with E-state index in [0.717, 1.165) is 51.4 Å². The molecular weight excluding hydrogens is 520 g/mol. The molecule has 0 aromatic carbocycles. The van der Waals surface area contributed by atoms with Crippen LogP contribution in [-0.2, 0) is 9.47 Å². The van der Waals surface area contributed by atoms with Crippen molar-refractivity contribution in [2.45, 2.75) is 155 Å².